The van der Waals surface area contributed by atoms with E-state index in [1.165, 1.54) is 0 Å². The van der Waals surface area contributed by atoms with Crippen molar-refractivity contribution in [1.82, 2.24) is 4.57 Å². The van der Waals surface area contributed by atoms with Crippen LogP contribution in [-0.4, -0.2) is 44.5 Å². The van der Waals surface area contributed by atoms with Crippen LogP contribution in [0.4, 0.5) is 0 Å². The van der Waals surface area contributed by atoms with Crippen LogP contribution in [-0.2, 0) is 11.3 Å². The number of hydrogen-bond donors (Lipinski definition) is 1. The number of carboxylic acids is 1. The van der Waals surface area contributed by atoms with E-state index in [2.05, 4.69) is 0 Å². The summed E-state index contributed by atoms with van der Waals surface area (Å²) in [6.45, 7) is 2.56. The lowest BCUT2D eigenvalue weighted by molar-refractivity contribution is -0.138. The molecule has 21 heavy (non-hydrogen) atoms. The molecule has 106 valence electrons. The third-order valence-electron chi connectivity index (χ3n) is 3.86. The minimum atomic E-state index is -0.823. The highest BCUT2D eigenvalue weighted by Crippen LogP contribution is 2.31. The Morgan fingerprint density at radius 1 is 1.14 bits per heavy atom. The Bertz CT molecular complexity index is 688. The highest BCUT2D eigenvalue weighted by Gasteiger charge is 2.31. The third-order valence-corrected chi connectivity index (χ3v) is 3.86. The molecule has 4 nitrogen and oxygen atoms in total. The predicted molar refractivity (Wildman–Crippen MR) is 82.6 cm³/mol. The summed E-state index contributed by atoms with van der Waals surface area (Å²) in [4.78, 5) is 23.6. The average molecular weight is 296 g/mol. The molecule has 2 heterocycles. The zero-order valence-corrected chi connectivity index (χ0v) is 11.2. The quantitative estimate of drug-likeness (QED) is 0.692. The maximum atomic E-state index is 12.5. The van der Waals surface area contributed by atoms with E-state index >= 15 is 0 Å². The molecule has 5 heteroatoms. The van der Waals surface area contributed by atoms with Crippen molar-refractivity contribution in [2.45, 2.75) is 25.8 Å². The van der Waals surface area contributed by atoms with E-state index in [0.29, 0.717) is 24.2 Å². The first-order chi connectivity index (χ1) is 9.58. The van der Waals surface area contributed by atoms with Crippen LogP contribution < -0.4 is 0 Å². The van der Waals surface area contributed by atoms with E-state index in [0.717, 1.165) is 11.3 Å². The number of carbonyl (C=O) groups excluding carboxylic acids is 1. The van der Waals surface area contributed by atoms with Gasteiger partial charge in [-0.15, -0.1) is 0 Å². The molecule has 0 fully saturated rings. The molecule has 1 aromatic carbocycles. The second-order valence-corrected chi connectivity index (χ2v) is 5.17. The maximum absolute atomic E-state index is 12.5. The van der Waals surface area contributed by atoms with Crippen molar-refractivity contribution >= 4 is 34.8 Å². The Morgan fingerprint density at radius 3 is 2.43 bits per heavy atom. The Labute approximate surface area is 138 Å². The van der Waals surface area contributed by atoms with Gasteiger partial charge in [0, 0.05) is 17.8 Å². The number of fused-ring (bicyclic) bond motifs is 1. The van der Waals surface area contributed by atoms with Gasteiger partial charge in [-0.1, -0.05) is 29.8 Å². The second kappa shape index (κ2) is 6.03. The SMILES string of the molecule is Cc1ccc(C(=O)c2ccc3n2CCC3C(=O)O)cc1.[MgH2]. The van der Waals surface area contributed by atoms with Gasteiger partial charge in [-0.2, -0.15) is 0 Å². The summed E-state index contributed by atoms with van der Waals surface area (Å²) in [5.41, 5.74) is 3.05. The van der Waals surface area contributed by atoms with Gasteiger partial charge in [-0.3, -0.25) is 9.59 Å². The molecule has 0 bridgehead atoms. The number of hydrogen-bond acceptors (Lipinski definition) is 2. The lowest BCUT2D eigenvalue weighted by Crippen LogP contribution is -2.10. The standard InChI is InChI=1S/C16H15NO3.Mg.2H/c1-10-2-4-11(5-3-10)15(18)14-7-6-13-12(16(19)20)8-9-17(13)14;;;/h2-7,12H,8-9H2,1H3,(H,19,20);;;. The summed E-state index contributed by atoms with van der Waals surface area (Å²) in [6, 6.07) is 10.9. The van der Waals surface area contributed by atoms with Crippen LogP contribution in [0.25, 0.3) is 0 Å². The Morgan fingerprint density at radius 2 is 1.81 bits per heavy atom. The van der Waals surface area contributed by atoms with E-state index < -0.39 is 11.9 Å². The largest absolute Gasteiger partial charge is 0.481 e. The van der Waals surface area contributed by atoms with Gasteiger partial charge in [-0.25, -0.2) is 0 Å². The molecular weight excluding hydrogens is 278 g/mol. The second-order valence-electron chi connectivity index (χ2n) is 5.17. The molecule has 1 aliphatic rings. The number of benzene rings is 1. The van der Waals surface area contributed by atoms with Crippen molar-refractivity contribution in [2.75, 3.05) is 0 Å². The molecule has 1 N–H and O–H groups in total. The lowest BCUT2D eigenvalue weighted by Gasteiger charge is -2.06. The highest BCUT2D eigenvalue weighted by molar-refractivity contribution is 6.08. The predicted octanol–water partition coefficient (Wildman–Crippen LogP) is 1.68. The summed E-state index contributed by atoms with van der Waals surface area (Å²) < 4.78 is 1.83. The van der Waals surface area contributed by atoms with Crippen LogP contribution in [0.5, 0.6) is 0 Å². The van der Waals surface area contributed by atoms with Gasteiger partial charge in [0.25, 0.3) is 0 Å². The summed E-state index contributed by atoms with van der Waals surface area (Å²) in [7, 11) is 0. The first kappa shape index (κ1) is 15.8. The van der Waals surface area contributed by atoms with Crippen molar-refractivity contribution in [3.63, 3.8) is 0 Å². The zero-order chi connectivity index (χ0) is 14.3. The number of aliphatic carboxylic acids is 1. The van der Waals surface area contributed by atoms with Gasteiger partial charge < -0.3 is 9.67 Å². The van der Waals surface area contributed by atoms with Gasteiger partial charge in [-0.05, 0) is 25.5 Å². The van der Waals surface area contributed by atoms with E-state index in [-0.39, 0.29) is 28.8 Å². The molecule has 0 aliphatic carbocycles. The fourth-order valence-corrected chi connectivity index (χ4v) is 2.74. The molecule has 1 atom stereocenters. The number of carbonyl (C=O) groups is 2. The monoisotopic (exact) mass is 295 g/mol. The first-order valence-corrected chi connectivity index (χ1v) is 6.61. The van der Waals surface area contributed by atoms with E-state index in [1.807, 2.05) is 23.6 Å². The van der Waals surface area contributed by atoms with Crippen LogP contribution in [0.1, 0.15) is 39.6 Å². The van der Waals surface area contributed by atoms with Crippen LogP contribution in [0.15, 0.2) is 36.4 Å². The van der Waals surface area contributed by atoms with Crippen molar-refractivity contribution < 1.29 is 14.7 Å². The summed E-state index contributed by atoms with van der Waals surface area (Å²) >= 11 is 0. The van der Waals surface area contributed by atoms with Crippen molar-refractivity contribution in [3.8, 4) is 0 Å². The van der Waals surface area contributed by atoms with E-state index in [9.17, 15) is 9.59 Å². The van der Waals surface area contributed by atoms with Gasteiger partial charge in [0.2, 0.25) is 5.78 Å². The fraction of sp³-hybridized carbons (Fsp3) is 0.250. The number of rotatable bonds is 3. The fourth-order valence-electron chi connectivity index (χ4n) is 2.74. The van der Waals surface area contributed by atoms with Gasteiger partial charge in [0.15, 0.2) is 0 Å². The Kier molecular flexibility index (Phi) is 4.53. The molecule has 3 rings (SSSR count). The summed E-state index contributed by atoms with van der Waals surface area (Å²) in [5, 5.41) is 9.16. The van der Waals surface area contributed by atoms with Crippen LogP contribution in [0.3, 0.4) is 0 Å². The number of ketones is 1. The number of aryl methyl sites for hydroxylation is 1. The molecule has 1 aliphatic heterocycles. The first-order valence-electron chi connectivity index (χ1n) is 6.61. The molecule has 2 aromatic rings. The number of carboxylic acid groups (broad SMARTS) is 1. The number of nitrogens with zero attached hydrogens (tertiary/aromatic N) is 1. The van der Waals surface area contributed by atoms with Gasteiger partial charge in [0.1, 0.15) is 0 Å². The normalized spacial score (nSPS) is 16.1. The van der Waals surface area contributed by atoms with Crippen LogP contribution in [0.2, 0.25) is 0 Å². The Hall–Kier alpha value is -1.59. The van der Waals surface area contributed by atoms with Crippen molar-refractivity contribution in [1.29, 1.82) is 0 Å². The van der Waals surface area contributed by atoms with Crippen LogP contribution >= 0.6 is 0 Å². The molecule has 0 saturated carbocycles. The smallest absolute Gasteiger partial charge is 0.316 e. The topological polar surface area (TPSA) is 59.3 Å². The third kappa shape index (κ3) is 2.76. The molecule has 1 unspecified atom stereocenters. The number of aromatic nitrogens is 1. The van der Waals surface area contributed by atoms with Gasteiger partial charge >= 0.3 is 29.0 Å². The van der Waals surface area contributed by atoms with Gasteiger partial charge in [0.05, 0.1) is 11.6 Å². The molecule has 0 amide bonds. The molecule has 0 spiro atoms. The highest BCUT2D eigenvalue weighted by atomic mass is 24.3. The van der Waals surface area contributed by atoms with Crippen LogP contribution in [0, 0.1) is 6.92 Å². The summed E-state index contributed by atoms with van der Waals surface area (Å²) in [5.74, 6) is -1.37. The lowest BCUT2D eigenvalue weighted by atomic mass is 10.1. The van der Waals surface area contributed by atoms with E-state index in [1.54, 1.807) is 24.3 Å². The molecule has 0 saturated heterocycles. The minimum absolute atomic E-state index is 0. The molecular formula is C16H17MgNO3. The Balaban J connectivity index is 0.00000161. The van der Waals surface area contributed by atoms with E-state index in [4.69, 9.17) is 5.11 Å². The zero-order valence-electron chi connectivity index (χ0n) is 11.2. The van der Waals surface area contributed by atoms with Crippen molar-refractivity contribution in [2.24, 2.45) is 0 Å². The molecule has 1 aromatic heterocycles. The van der Waals surface area contributed by atoms with Crippen molar-refractivity contribution in [3.05, 3.63) is 58.9 Å². The average Bonchev–Trinajstić information content (AvgIpc) is 2.99. The minimum Gasteiger partial charge on any atom is -0.481 e. The summed E-state index contributed by atoms with van der Waals surface area (Å²) in [6.07, 6.45) is 0.555. The molecule has 0 radical (unpaired) electrons. The maximum Gasteiger partial charge on any atom is 0.316 e.